The number of hydrogen-bond acceptors (Lipinski definition) is 2. The van der Waals surface area contributed by atoms with E-state index in [1.807, 2.05) is 13.0 Å². The van der Waals surface area contributed by atoms with E-state index in [4.69, 9.17) is 27.9 Å². The summed E-state index contributed by atoms with van der Waals surface area (Å²) < 4.78 is 4.89. The van der Waals surface area contributed by atoms with E-state index in [9.17, 15) is 4.79 Å². The van der Waals surface area contributed by atoms with Crippen LogP contribution in [0.25, 0.3) is 0 Å². The first-order chi connectivity index (χ1) is 7.54. The summed E-state index contributed by atoms with van der Waals surface area (Å²) in [5.74, 6) is -0.116. The van der Waals surface area contributed by atoms with Crippen LogP contribution in [0.3, 0.4) is 0 Å². The van der Waals surface area contributed by atoms with Crippen molar-refractivity contribution >= 4 is 29.2 Å². The molecule has 1 rings (SSSR count). The Bertz CT molecular complexity index is 377. The SMILES string of the molecule is CCOC(=O)CC(C)c1ccc(Cl)c(Cl)c1. The Morgan fingerprint density at radius 3 is 2.62 bits per heavy atom. The third-order valence-electron chi connectivity index (χ3n) is 2.29. The van der Waals surface area contributed by atoms with E-state index in [1.54, 1.807) is 19.1 Å². The van der Waals surface area contributed by atoms with Crippen molar-refractivity contribution in [2.75, 3.05) is 6.61 Å². The molecule has 0 saturated heterocycles. The number of halogens is 2. The molecule has 88 valence electrons. The molecule has 0 spiro atoms. The molecule has 2 nitrogen and oxygen atoms in total. The quantitative estimate of drug-likeness (QED) is 0.764. The van der Waals surface area contributed by atoms with E-state index >= 15 is 0 Å². The Balaban J connectivity index is 2.69. The zero-order valence-electron chi connectivity index (χ0n) is 9.30. The van der Waals surface area contributed by atoms with E-state index in [0.717, 1.165) is 5.56 Å². The zero-order chi connectivity index (χ0) is 12.1. The van der Waals surface area contributed by atoms with Gasteiger partial charge in [0.2, 0.25) is 0 Å². The Hall–Kier alpha value is -0.730. The molecule has 0 fully saturated rings. The summed E-state index contributed by atoms with van der Waals surface area (Å²) >= 11 is 11.7. The summed E-state index contributed by atoms with van der Waals surface area (Å²) in [7, 11) is 0. The van der Waals surface area contributed by atoms with E-state index in [0.29, 0.717) is 23.1 Å². The van der Waals surface area contributed by atoms with Crippen LogP contribution in [0.15, 0.2) is 18.2 Å². The van der Waals surface area contributed by atoms with Gasteiger partial charge in [0, 0.05) is 0 Å². The Morgan fingerprint density at radius 2 is 2.06 bits per heavy atom. The van der Waals surface area contributed by atoms with E-state index < -0.39 is 0 Å². The van der Waals surface area contributed by atoms with Gasteiger partial charge in [-0.25, -0.2) is 0 Å². The molecule has 4 heteroatoms. The van der Waals surface area contributed by atoms with Crippen LogP contribution in [-0.4, -0.2) is 12.6 Å². The highest BCUT2D eigenvalue weighted by molar-refractivity contribution is 6.42. The van der Waals surface area contributed by atoms with Crippen molar-refractivity contribution in [2.24, 2.45) is 0 Å². The number of benzene rings is 1. The van der Waals surface area contributed by atoms with Crippen LogP contribution in [0.2, 0.25) is 10.0 Å². The summed E-state index contributed by atoms with van der Waals surface area (Å²) in [6.45, 7) is 4.16. The second-order valence-electron chi connectivity index (χ2n) is 3.58. The lowest BCUT2D eigenvalue weighted by Crippen LogP contribution is -2.08. The van der Waals surface area contributed by atoms with Crippen LogP contribution in [0, 0.1) is 0 Å². The molecule has 0 aromatic heterocycles. The Kier molecular flexibility index (Phi) is 5.10. The maximum atomic E-state index is 11.3. The van der Waals surface area contributed by atoms with E-state index in [2.05, 4.69) is 0 Å². The summed E-state index contributed by atoms with van der Waals surface area (Å²) in [5, 5.41) is 1.03. The van der Waals surface area contributed by atoms with Gasteiger partial charge in [0.1, 0.15) is 0 Å². The number of carbonyl (C=O) groups is 1. The summed E-state index contributed by atoms with van der Waals surface area (Å²) in [5.41, 5.74) is 0.988. The normalized spacial score (nSPS) is 12.2. The average molecular weight is 261 g/mol. The molecule has 1 atom stereocenters. The van der Waals surface area contributed by atoms with Gasteiger partial charge in [-0.15, -0.1) is 0 Å². The summed E-state index contributed by atoms with van der Waals surface area (Å²) in [6, 6.07) is 5.40. The topological polar surface area (TPSA) is 26.3 Å². The number of carbonyl (C=O) groups excluding carboxylic acids is 1. The van der Waals surface area contributed by atoms with Crippen molar-refractivity contribution in [1.29, 1.82) is 0 Å². The molecule has 0 bridgehead atoms. The molecule has 1 unspecified atom stereocenters. The van der Waals surface area contributed by atoms with Gasteiger partial charge in [0.15, 0.2) is 0 Å². The van der Waals surface area contributed by atoms with Gasteiger partial charge in [0.05, 0.1) is 23.1 Å². The van der Waals surface area contributed by atoms with Crippen molar-refractivity contribution in [3.05, 3.63) is 33.8 Å². The van der Waals surface area contributed by atoms with Crippen LogP contribution in [0.1, 0.15) is 31.7 Å². The van der Waals surface area contributed by atoms with Crippen molar-refractivity contribution < 1.29 is 9.53 Å². The minimum atomic E-state index is -0.193. The first-order valence-electron chi connectivity index (χ1n) is 5.15. The highest BCUT2D eigenvalue weighted by atomic mass is 35.5. The molecule has 1 aromatic carbocycles. The molecule has 1 aromatic rings. The van der Waals surface area contributed by atoms with Crippen molar-refractivity contribution in [3.63, 3.8) is 0 Å². The highest BCUT2D eigenvalue weighted by Crippen LogP contribution is 2.27. The second-order valence-corrected chi connectivity index (χ2v) is 4.40. The fourth-order valence-electron chi connectivity index (χ4n) is 1.41. The van der Waals surface area contributed by atoms with Crippen molar-refractivity contribution in [1.82, 2.24) is 0 Å². The molecule has 0 N–H and O–H groups in total. The third-order valence-corrected chi connectivity index (χ3v) is 3.03. The predicted molar refractivity (Wildman–Crippen MR) is 66.1 cm³/mol. The minimum absolute atomic E-state index is 0.0776. The van der Waals surface area contributed by atoms with Gasteiger partial charge in [-0.1, -0.05) is 36.2 Å². The number of esters is 1. The molecule has 0 heterocycles. The summed E-state index contributed by atoms with van der Waals surface area (Å²) in [4.78, 5) is 11.3. The van der Waals surface area contributed by atoms with Crippen LogP contribution in [0.4, 0.5) is 0 Å². The van der Waals surface area contributed by atoms with E-state index in [1.165, 1.54) is 0 Å². The standard InChI is InChI=1S/C12H14Cl2O2/c1-3-16-12(15)6-8(2)9-4-5-10(13)11(14)7-9/h4-5,7-8H,3,6H2,1-2H3. The molecule has 0 saturated carbocycles. The minimum Gasteiger partial charge on any atom is -0.466 e. The molecule has 0 aliphatic carbocycles. The first kappa shape index (κ1) is 13.3. The van der Waals surface area contributed by atoms with Crippen molar-refractivity contribution in [2.45, 2.75) is 26.2 Å². The molecule has 0 aliphatic rings. The zero-order valence-corrected chi connectivity index (χ0v) is 10.8. The molecule has 0 aliphatic heterocycles. The van der Waals surface area contributed by atoms with Gasteiger partial charge < -0.3 is 4.74 Å². The van der Waals surface area contributed by atoms with Gasteiger partial charge in [-0.05, 0) is 30.5 Å². The van der Waals surface area contributed by atoms with Crippen molar-refractivity contribution in [3.8, 4) is 0 Å². The lowest BCUT2D eigenvalue weighted by Gasteiger charge is -2.11. The molecular formula is C12H14Cl2O2. The monoisotopic (exact) mass is 260 g/mol. The fraction of sp³-hybridized carbons (Fsp3) is 0.417. The molecular weight excluding hydrogens is 247 g/mol. The number of hydrogen-bond donors (Lipinski definition) is 0. The number of ether oxygens (including phenoxy) is 1. The largest absolute Gasteiger partial charge is 0.466 e. The van der Waals surface area contributed by atoms with E-state index in [-0.39, 0.29) is 11.9 Å². The van der Waals surface area contributed by atoms with Crippen LogP contribution in [0.5, 0.6) is 0 Å². The molecule has 16 heavy (non-hydrogen) atoms. The Labute approximate surface area is 106 Å². The Morgan fingerprint density at radius 1 is 1.38 bits per heavy atom. The van der Waals surface area contributed by atoms with Crippen LogP contribution >= 0.6 is 23.2 Å². The van der Waals surface area contributed by atoms with Gasteiger partial charge in [0.25, 0.3) is 0 Å². The summed E-state index contributed by atoms with van der Waals surface area (Å²) in [6.07, 6.45) is 0.353. The average Bonchev–Trinajstić information content (AvgIpc) is 2.22. The maximum Gasteiger partial charge on any atom is 0.306 e. The van der Waals surface area contributed by atoms with Gasteiger partial charge in [-0.2, -0.15) is 0 Å². The van der Waals surface area contributed by atoms with Crippen LogP contribution in [-0.2, 0) is 9.53 Å². The maximum absolute atomic E-state index is 11.3. The predicted octanol–water partition coefficient (Wildman–Crippen LogP) is 4.05. The fourth-order valence-corrected chi connectivity index (χ4v) is 1.71. The second kappa shape index (κ2) is 6.12. The number of rotatable bonds is 4. The third kappa shape index (κ3) is 3.69. The highest BCUT2D eigenvalue weighted by Gasteiger charge is 2.13. The lowest BCUT2D eigenvalue weighted by atomic mass is 9.98. The lowest BCUT2D eigenvalue weighted by molar-refractivity contribution is -0.143. The molecule has 0 amide bonds. The van der Waals surface area contributed by atoms with Gasteiger partial charge >= 0.3 is 5.97 Å². The van der Waals surface area contributed by atoms with Gasteiger partial charge in [-0.3, -0.25) is 4.79 Å². The molecule has 0 radical (unpaired) electrons. The smallest absolute Gasteiger partial charge is 0.306 e. The van der Waals surface area contributed by atoms with Crippen LogP contribution < -0.4 is 0 Å². The first-order valence-corrected chi connectivity index (χ1v) is 5.90.